The molecule has 0 atom stereocenters. The van der Waals surface area contributed by atoms with Gasteiger partial charge in [-0.3, -0.25) is 9.59 Å². The van der Waals surface area contributed by atoms with Gasteiger partial charge < -0.3 is 5.32 Å². The summed E-state index contributed by atoms with van der Waals surface area (Å²) in [5, 5.41) is 6.25. The summed E-state index contributed by atoms with van der Waals surface area (Å²) in [5.41, 5.74) is 1.30. The first-order valence-electron chi connectivity index (χ1n) is 5.16. The van der Waals surface area contributed by atoms with E-state index in [1.807, 2.05) is 23.6 Å². The number of hydrogen-bond acceptors (Lipinski definition) is 3. The fourth-order valence-electron chi connectivity index (χ4n) is 1.40. The van der Waals surface area contributed by atoms with Crippen molar-refractivity contribution in [2.45, 2.75) is 6.42 Å². The van der Waals surface area contributed by atoms with Crippen molar-refractivity contribution in [1.29, 1.82) is 0 Å². The average molecular weight is 245 g/mol. The molecule has 17 heavy (non-hydrogen) atoms. The largest absolute Gasteiger partial charge is 0.326 e. The molecule has 3 nitrogen and oxygen atoms in total. The number of benzene rings is 1. The minimum absolute atomic E-state index is 0.119. The molecule has 1 N–H and O–H groups in total. The summed E-state index contributed by atoms with van der Waals surface area (Å²) in [7, 11) is 0. The molecule has 0 saturated carbocycles. The van der Waals surface area contributed by atoms with Gasteiger partial charge in [0.1, 0.15) is 0 Å². The monoisotopic (exact) mass is 245 g/mol. The highest BCUT2D eigenvalue weighted by molar-refractivity contribution is 7.08. The summed E-state index contributed by atoms with van der Waals surface area (Å²) in [6, 6.07) is 10.8. The van der Waals surface area contributed by atoms with Gasteiger partial charge in [0.05, 0.1) is 6.42 Å². The average Bonchev–Trinajstić information content (AvgIpc) is 2.83. The minimum Gasteiger partial charge on any atom is -0.326 e. The standard InChI is InChI=1S/C13H11NO2S/c15-12(10-6-7-17-9-10)8-13(16)14-11-4-2-1-3-5-11/h1-7,9H,8H2,(H,14,16). The third-order valence-electron chi connectivity index (χ3n) is 2.22. The maximum absolute atomic E-state index is 11.7. The van der Waals surface area contributed by atoms with Gasteiger partial charge in [0, 0.05) is 16.6 Å². The van der Waals surface area contributed by atoms with E-state index in [9.17, 15) is 9.59 Å². The molecule has 1 heterocycles. The molecule has 0 saturated heterocycles. The van der Waals surface area contributed by atoms with Crippen LogP contribution in [-0.4, -0.2) is 11.7 Å². The Bertz CT molecular complexity index is 505. The highest BCUT2D eigenvalue weighted by Crippen LogP contribution is 2.10. The number of nitrogens with one attached hydrogen (secondary N) is 1. The van der Waals surface area contributed by atoms with E-state index in [1.165, 1.54) is 11.3 Å². The second-order valence-corrected chi connectivity index (χ2v) is 4.31. The van der Waals surface area contributed by atoms with E-state index in [0.29, 0.717) is 11.3 Å². The van der Waals surface area contributed by atoms with E-state index >= 15 is 0 Å². The number of Topliss-reactive ketones (excluding diaryl/α,β-unsaturated/α-hetero) is 1. The molecule has 1 aromatic heterocycles. The molecule has 2 rings (SSSR count). The summed E-state index contributed by atoms with van der Waals surface area (Å²) >= 11 is 1.45. The molecule has 0 aliphatic heterocycles. The van der Waals surface area contributed by atoms with Gasteiger partial charge in [-0.05, 0) is 23.6 Å². The second-order valence-electron chi connectivity index (χ2n) is 3.53. The summed E-state index contributed by atoms with van der Waals surface area (Å²) < 4.78 is 0. The molecule has 0 spiro atoms. The van der Waals surface area contributed by atoms with Crippen LogP contribution in [0.25, 0.3) is 0 Å². The summed E-state index contributed by atoms with van der Waals surface area (Å²) in [4.78, 5) is 23.2. The SMILES string of the molecule is O=C(CC(=O)c1ccsc1)Nc1ccccc1. The fraction of sp³-hybridized carbons (Fsp3) is 0.0769. The van der Waals surface area contributed by atoms with Gasteiger partial charge >= 0.3 is 0 Å². The normalized spacial score (nSPS) is 9.88. The summed E-state index contributed by atoms with van der Waals surface area (Å²) in [6.07, 6.45) is -0.119. The third kappa shape index (κ3) is 3.26. The predicted octanol–water partition coefficient (Wildman–Crippen LogP) is 2.96. The molecule has 0 unspecified atom stereocenters. The lowest BCUT2D eigenvalue weighted by Crippen LogP contribution is -2.16. The Hall–Kier alpha value is -1.94. The van der Waals surface area contributed by atoms with Gasteiger partial charge in [0.15, 0.2) is 5.78 Å². The van der Waals surface area contributed by atoms with E-state index in [1.54, 1.807) is 23.6 Å². The molecule has 0 bridgehead atoms. The Morgan fingerprint density at radius 3 is 2.53 bits per heavy atom. The highest BCUT2D eigenvalue weighted by atomic mass is 32.1. The van der Waals surface area contributed by atoms with E-state index < -0.39 is 0 Å². The van der Waals surface area contributed by atoms with Gasteiger partial charge in [0.2, 0.25) is 5.91 Å². The van der Waals surface area contributed by atoms with E-state index in [4.69, 9.17) is 0 Å². The third-order valence-corrected chi connectivity index (χ3v) is 2.91. The molecule has 2 aromatic rings. The van der Waals surface area contributed by atoms with Crippen LogP contribution in [0.5, 0.6) is 0 Å². The van der Waals surface area contributed by atoms with Crippen LogP contribution in [0.3, 0.4) is 0 Å². The molecule has 0 aliphatic rings. The van der Waals surface area contributed by atoms with Crippen LogP contribution >= 0.6 is 11.3 Å². The highest BCUT2D eigenvalue weighted by Gasteiger charge is 2.11. The Labute approximate surface area is 103 Å². The van der Waals surface area contributed by atoms with Crippen molar-refractivity contribution in [3.8, 4) is 0 Å². The number of anilines is 1. The van der Waals surface area contributed by atoms with Crippen molar-refractivity contribution in [1.82, 2.24) is 0 Å². The lowest BCUT2D eigenvalue weighted by atomic mass is 10.1. The Morgan fingerprint density at radius 2 is 1.88 bits per heavy atom. The quantitative estimate of drug-likeness (QED) is 0.665. The number of rotatable bonds is 4. The predicted molar refractivity (Wildman–Crippen MR) is 68.3 cm³/mol. The molecule has 4 heteroatoms. The smallest absolute Gasteiger partial charge is 0.232 e. The number of thiophene rings is 1. The van der Waals surface area contributed by atoms with Gasteiger partial charge in [0.25, 0.3) is 0 Å². The number of carbonyl (C=O) groups excluding carboxylic acids is 2. The van der Waals surface area contributed by atoms with Crippen molar-refractivity contribution in [3.63, 3.8) is 0 Å². The number of hydrogen-bond donors (Lipinski definition) is 1. The van der Waals surface area contributed by atoms with E-state index in [0.717, 1.165) is 0 Å². The Balaban J connectivity index is 1.92. The maximum Gasteiger partial charge on any atom is 0.232 e. The maximum atomic E-state index is 11.7. The first kappa shape index (κ1) is 11.5. The topological polar surface area (TPSA) is 46.2 Å². The van der Waals surface area contributed by atoms with Crippen LogP contribution in [-0.2, 0) is 4.79 Å². The zero-order chi connectivity index (χ0) is 12.1. The van der Waals surface area contributed by atoms with Crippen molar-refractivity contribution >= 4 is 28.7 Å². The summed E-state index contributed by atoms with van der Waals surface area (Å²) in [6.45, 7) is 0. The van der Waals surface area contributed by atoms with Gasteiger partial charge in [-0.15, -0.1) is 0 Å². The van der Waals surface area contributed by atoms with Crippen molar-refractivity contribution in [2.24, 2.45) is 0 Å². The number of carbonyl (C=O) groups is 2. The summed E-state index contributed by atoms with van der Waals surface area (Å²) in [5.74, 6) is -0.438. The molecule has 0 fully saturated rings. The van der Waals surface area contributed by atoms with Crippen LogP contribution in [0.4, 0.5) is 5.69 Å². The zero-order valence-corrected chi connectivity index (χ0v) is 9.87. The number of ketones is 1. The Morgan fingerprint density at radius 1 is 1.12 bits per heavy atom. The van der Waals surface area contributed by atoms with Gasteiger partial charge in [-0.2, -0.15) is 11.3 Å². The molecular formula is C13H11NO2S. The number of para-hydroxylation sites is 1. The van der Waals surface area contributed by atoms with Crippen LogP contribution in [0.2, 0.25) is 0 Å². The molecule has 1 aromatic carbocycles. The van der Waals surface area contributed by atoms with Crippen molar-refractivity contribution < 1.29 is 9.59 Å². The Kier molecular flexibility index (Phi) is 3.67. The van der Waals surface area contributed by atoms with Crippen molar-refractivity contribution in [3.05, 3.63) is 52.7 Å². The van der Waals surface area contributed by atoms with Gasteiger partial charge in [-0.1, -0.05) is 18.2 Å². The van der Waals surface area contributed by atoms with Crippen LogP contribution in [0.1, 0.15) is 16.8 Å². The van der Waals surface area contributed by atoms with Crippen molar-refractivity contribution in [2.75, 3.05) is 5.32 Å². The lowest BCUT2D eigenvalue weighted by molar-refractivity contribution is -0.115. The molecular weight excluding hydrogens is 234 g/mol. The second kappa shape index (κ2) is 5.41. The van der Waals surface area contributed by atoms with E-state index in [2.05, 4.69) is 5.32 Å². The zero-order valence-electron chi connectivity index (χ0n) is 9.05. The lowest BCUT2D eigenvalue weighted by Gasteiger charge is -2.03. The van der Waals surface area contributed by atoms with Gasteiger partial charge in [-0.25, -0.2) is 0 Å². The first-order valence-corrected chi connectivity index (χ1v) is 6.10. The molecule has 86 valence electrons. The fourth-order valence-corrected chi connectivity index (χ4v) is 2.06. The van der Waals surface area contributed by atoms with Crippen LogP contribution < -0.4 is 5.32 Å². The number of amides is 1. The van der Waals surface area contributed by atoms with Crippen LogP contribution in [0.15, 0.2) is 47.2 Å². The van der Waals surface area contributed by atoms with Crippen LogP contribution in [0, 0.1) is 0 Å². The van der Waals surface area contributed by atoms with E-state index in [-0.39, 0.29) is 18.1 Å². The molecule has 0 aliphatic carbocycles. The minimum atomic E-state index is -0.285. The first-order chi connectivity index (χ1) is 8.25. The molecule has 0 radical (unpaired) electrons. The molecule has 1 amide bonds.